The van der Waals surface area contributed by atoms with Crippen LogP contribution in [0.3, 0.4) is 0 Å². The molecule has 2 aromatic rings. The quantitative estimate of drug-likeness (QED) is 0.831. The van der Waals surface area contributed by atoms with Crippen molar-refractivity contribution in [3.63, 3.8) is 0 Å². The van der Waals surface area contributed by atoms with Crippen molar-refractivity contribution in [2.45, 2.75) is 27.2 Å². The van der Waals surface area contributed by atoms with Crippen LogP contribution in [0.1, 0.15) is 23.1 Å². The molecule has 0 saturated carbocycles. The first-order chi connectivity index (χ1) is 11.9. The lowest BCUT2D eigenvalue weighted by molar-refractivity contribution is -0.122. The molecule has 1 fully saturated rings. The van der Waals surface area contributed by atoms with E-state index < -0.39 is 0 Å². The van der Waals surface area contributed by atoms with Gasteiger partial charge >= 0.3 is 0 Å². The number of para-hydroxylation sites is 1. The molecular formula is C20H21BrN2O2. The monoisotopic (exact) mass is 400 g/mol. The van der Waals surface area contributed by atoms with E-state index in [1.807, 2.05) is 57.2 Å². The lowest BCUT2D eigenvalue weighted by Gasteiger charge is -2.19. The predicted molar refractivity (Wildman–Crippen MR) is 104 cm³/mol. The number of hydrogen-bond acceptors (Lipinski definition) is 2. The number of carbonyl (C=O) groups excluding carboxylic acids is 2. The van der Waals surface area contributed by atoms with Crippen molar-refractivity contribution in [1.29, 1.82) is 0 Å². The van der Waals surface area contributed by atoms with Crippen molar-refractivity contribution in [2.75, 3.05) is 16.8 Å². The van der Waals surface area contributed by atoms with Crippen LogP contribution in [0.25, 0.3) is 0 Å². The molecule has 1 aliphatic rings. The van der Waals surface area contributed by atoms with Crippen molar-refractivity contribution in [2.24, 2.45) is 5.92 Å². The second kappa shape index (κ2) is 7.00. The van der Waals surface area contributed by atoms with Crippen LogP contribution >= 0.6 is 15.9 Å². The van der Waals surface area contributed by atoms with E-state index in [4.69, 9.17) is 0 Å². The van der Waals surface area contributed by atoms with Gasteiger partial charge in [-0.05, 0) is 55.7 Å². The van der Waals surface area contributed by atoms with Crippen molar-refractivity contribution in [3.05, 3.63) is 57.6 Å². The van der Waals surface area contributed by atoms with E-state index in [0.717, 1.165) is 32.5 Å². The summed E-state index contributed by atoms with van der Waals surface area (Å²) in [6, 6.07) is 11.6. The van der Waals surface area contributed by atoms with Crippen molar-refractivity contribution in [1.82, 2.24) is 0 Å². The number of anilines is 2. The molecule has 0 radical (unpaired) electrons. The molecule has 2 amide bonds. The highest BCUT2D eigenvalue weighted by Gasteiger charge is 2.35. The number of amides is 2. The summed E-state index contributed by atoms with van der Waals surface area (Å²) in [6.07, 6.45) is 0.245. The van der Waals surface area contributed by atoms with Gasteiger partial charge in [0.2, 0.25) is 11.8 Å². The Bertz CT molecular complexity index is 848. The minimum Gasteiger partial charge on any atom is -0.326 e. The molecule has 5 heteroatoms. The Morgan fingerprint density at radius 3 is 2.56 bits per heavy atom. The second-order valence-corrected chi connectivity index (χ2v) is 7.38. The molecule has 0 spiro atoms. The van der Waals surface area contributed by atoms with Gasteiger partial charge < -0.3 is 10.2 Å². The molecule has 130 valence electrons. The molecule has 0 aromatic heterocycles. The minimum atomic E-state index is -0.338. The molecule has 3 rings (SSSR count). The molecule has 0 unspecified atom stereocenters. The van der Waals surface area contributed by atoms with Crippen LogP contribution < -0.4 is 10.2 Å². The molecule has 0 bridgehead atoms. The van der Waals surface area contributed by atoms with Gasteiger partial charge in [0, 0.05) is 28.8 Å². The number of nitrogens with one attached hydrogen (secondary N) is 1. The van der Waals surface area contributed by atoms with E-state index in [0.29, 0.717) is 6.54 Å². The molecule has 1 heterocycles. The summed E-state index contributed by atoms with van der Waals surface area (Å²) in [5.41, 5.74) is 4.85. The summed E-state index contributed by atoms with van der Waals surface area (Å²) in [6.45, 7) is 6.39. The third-order valence-electron chi connectivity index (χ3n) is 4.88. The normalized spacial score (nSPS) is 17.0. The second-order valence-electron chi connectivity index (χ2n) is 6.53. The topological polar surface area (TPSA) is 49.4 Å². The maximum atomic E-state index is 12.7. The highest BCUT2D eigenvalue weighted by molar-refractivity contribution is 9.10. The molecule has 25 heavy (non-hydrogen) atoms. The average Bonchev–Trinajstić information content (AvgIpc) is 2.97. The maximum Gasteiger partial charge on any atom is 0.229 e. The number of halogens is 1. The number of hydrogen-bond donors (Lipinski definition) is 1. The van der Waals surface area contributed by atoms with Gasteiger partial charge in [0.15, 0.2) is 0 Å². The Morgan fingerprint density at radius 2 is 1.84 bits per heavy atom. The first-order valence-corrected chi connectivity index (χ1v) is 9.10. The molecular weight excluding hydrogens is 380 g/mol. The molecule has 1 N–H and O–H groups in total. The van der Waals surface area contributed by atoms with E-state index in [2.05, 4.69) is 21.2 Å². The van der Waals surface area contributed by atoms with Gasteiger partial charge in [0.25, 0.3) is 0 Å². The SMILES string of the molecule is Cc1ccccc1N1C[C@@H](C(=O)Nc2ccc(Br)c(C)c2C)CC1=O. The summed E-state index contributed by atoms with van der Waals surface area (Å²) in [7, 11) is 0. The lowest BCUT2D eigenvalue weighted by atomic mass is 10.1. The molecule has 0 aliphatic carbocycles. The summed E-state index contributed by atoms with van der Waals surface area (Å²) in [4.78, 5) is 26.8. The van der Waals surface area contributed by atoms with E-state index >= 15 is 0 Å². The fourth-order valence-corrected chi connectivity index (χ4v) is 3.57. The van der Waals surface area contributed by atoms with Gasteiger partial charge in [-0.2, -0.15) is 0 Å². The lowest BCUT2D eigenvalue weighted by Crippen LogP contribution is -2.28. The van der Waals surface area contributed by atoms with E-state index in [9.17, 15) is 9.59 Å². The third-order valence-corrected chi connectivity index (χ3v) is 5.74. The Labute approximate surface area is 156 Å². The maximum absolute atomic E-state index is 12.7. The van der Waals surface area contributed by atoms with Gasteiger partial charge in [-0.3, -0.25) is 9.59 Å². The zero-order chi connectivity index (χ0) is 18.1. The smallest absolute Gasteiger partial charge is 0.229 e. The van der Waals surface area contributed by atoms with Crippen LogP contribution in [-0.4, -0.2) is 18.4 Å². The first-order valence-electron chi connectivity index (χ1n) is 8.31. The van der Waals surface area contributed by atoms with Crippen molar-refractivity contribution < 1.29 is 9.59 Å². The number of aryl methyl sites for hydroxylation is 1. The third kappa shape index (κ3) is 3.47. The highest BCUT2D eigenvalue weighted by atomic mass is 79.9. The van der Waals surface area contributed by atoms with Crippen molar-refractivity contribution >= 4 is 39.1 Å². The Hall–Kier alpha value is -2.14. The molecule has 1 aliphatic heterocycles. The zero-order valence-corrected chi connectivity index (χ0v) is 16.2. The fourth-order valence-electron chi connectivity index (χ4n) is 3.14. The first kappa shape index (κ1) is 17.7. The fraction of sp³-hybridized carbons (Fsp3) is 0.300. The van der Waals surface area contributed by atoms with Crippen LogP contribution in [0.4, 0.5) is 11.4 Å². The van der Waals surface area contributed by atoms with Crippen LogP contribution in [0.15, 0.2) is 40.9 Å². The molecule has 4 nitrogen and oxygen atoms in total. The van der Waals surface area contributed by atoms with E-state index in [1.54, 1.807) is 4.90 Å². The van der Waals surface area contributed by atoms with Gasteiger partial charge in [-0.25, -0.2) is 0 Å². The molecule has 2 aromatic carbocycles. The average molecular weight is 401 g/mol. The number of benzene rings is 2. The highest BCUT2D eigenvalue weighted by Crippen LogP contribution is 2.30. The zero-order valence-electron chi connectivity index (χ0n) is 14.6. The van der Waals surface area contributed by atoms with Gasteiger partial charge in [-0.15, -0.1) is 0 Å². The standard InChI is InChI=1S/C20H21BrN2O2/c1-12-6-4-5-7-18(12)23-11-15(10-19(23)24)20(25)22-17-9-8-16(21)13(2)14(17)3/h4-9,15H,10-11H2,1-3H3,(H,22,25)/t15-/m0/s1. The largest absolute Gasteiger partial charge is 0.326 e. The van der Waals surface area contributed by atoms with Crippen LogP contribution in [0.5, 0.6) is 0 Å². The Morgan fingerprint density at radius 1 is 1.12 bits per heavy atom. The number of rotatable bonds is 3. The minimum absolute atomic E-state index is 0.00170. The van der Waals surface area contributed by atoms with Crippen molar-refractivity contribution in [3.8, 4) is 0 Å². The summed E-state index contributed by atoms with van der Waals surface area (Å²) in [5, 5.41) is 2.99. The predicted octanol–water partition coefficient (Wildman–Crippen LogP) is 4.37. The summed E-state index contributed by atoms with van der Waals surface area (Å²) < 4.78 is 1.02. The van der Waals surface area contributed by atoms with Crippen LogP contribution in [-0.2, 0) is 9.59 Å². The van der Waals surface area contributed by atoms with E-state index in [-0.39, 0.29) is 24.2 Å². The molecule has 1 saturated heterocycles. The van der Waals surface area contributed by atoms with Crippen LogP contribution in [0.2, 0.25) is 0 Å². The van der Waals surface area contributed by atoms with Crippen LogP contribution in [0, 0.1) is 26.7 Å². The van der Waals surface area contributed by atoms with E-state index in [1.165, 1.54) is 0 Å². The van der Waals surface area contributed by atoms with Gasteiger partial charge in [-0.1, -0.05) is 34.1 Å². The summed E-state index contributed by atoms with van der Waals surface area (Å²) in [5.74, 6) is -0.442. The number of carbonyl (C=O) groups is 2. The van der Waals surface area contributed by atoms with Gasteiger partial charge in [0.1, 0.15) is 0 Å². The van der Waals surface area contributed by atoms with Gasteiger partial charge in [0.05, 0.1) is 5.92 Å². The number of nitrogens with zero attached hydrogens (tertiary/aromatic N) is 1. The summed E-state index contributed by atoms with van der Waals surface area (Å²) >= 11 is 3.50. The Balaban J connectivity index is 1.76. The Kier molecular flexibility index (Phi) is 4.95. The molecule has 1 atom stereocenters.